The van der Waals surface area contributed by atoms with Crippen LogP contribution in [0.1, 0.15) is 45.4 Å². The van der Waals surface area contributed by atoms with Gasteiger partial charge in [-0.1, -0.05) is 13.3 Å². The summed E-state index contributed by atoms with van der Waals surface area (Å²) in [6.07, 6.45) is 5.39. The zero-order valence-corrected chi connectivity index (χ0v) is 8.96. The van der Waals surface area contributed by atoms with Crippen molar-refractivity contribution in [2.75, 3.05) is 6.54 Å². The van der Waals surface area contributed by atoms with Crippen LogP contribution in [-0.4, -0.2) is 17.6 Å². The second-order valence-corrected chi connectivity index (χ2v) is 4.51. The van der Waals surface area contributed by atoms with Gasteiger partial charge in [0.05, 0.1) is 5.41 Å². The van der Waals surface area contributed by atoms with Crippen LogP contribution in [0.2, 0.25) is 0 Å². The average Bonchev–Trinajstić information content (AvgIpc) is 2.19. The van der Waals surface area contributed by atoms with Crippen LogP contribution in [0.5, 0.6) is 0 Å². The van der Waals surface area contributed by atoms with E-state index < -0.39 is 11.4 Å². The van der Waals surface area contributed by atoms with Gasteiger partial charge in [0, 0.05) is 0 Å². The van der Waals surface area contributed by atoms with Gasteiger partial charge in [0.1, 0.15) is 0 Å². The molecule has 3 N–H and O–H groups in total. The lowest BCUT2D eigenvalue weighted by molar-refractivity contribution is -0.152. The number of hydrogen-bond acceptors (Lipinski definition) is 2. The third-order valence-electron chi connectivity index (χ3n) is 3.58. The van der Waals surface area contributed by atoms with Gasteiger partial charge in [-0.2, -0.15) is 0 Å². The summed E-state index contributed by atoms with van der Waals surface area (Å²) >= 11 is 0. The molecule has 1 fully saturated rings. The standard InChI is InChI=1S/C11H21NO2/c1-2-5-11(10(13)14)6-3-9(8-12)4-7-11/h9H,2-8,12H2,1H3,(H,13,14)/t9-,11-. The molecule has 0 spiro atoms. The van der Waals surface area contributed by atoms with E-state index in [2.05, 4.69) is 6.92 Å². The van der Waals surface area contributed by atoms with Gasteiger partial charge in [0.15, 0.2) is 0 Å². The Morgan fingerprint density at radius 1 is 1.50 bits per heavy atom. The second-order valence-electron chi connectivity index (χ2n) is 4.51. The van der Waals surface area contributed by atoms with Crippen LogP contribution in [0.4, 0.5) is 0 Å². The molecule has 1 aliphatic rings. The maximum atomic E-state index is 11.2. The van der Waals surface area contributed by atoms with Crippen LogP contribution < -0.4 is 5.73 Å². The highest BCUT2D eigenvalue weighted by atomic mass is 16.4. The first kappa shape index (κ1) is 11.5. The minimum atomic E-state index is -0.602. The third-order valence-corrected chi connectivity index (χ3v) is 3.58. The number of hydrogen-bond donors (Lipinski definition) is 2. The van der Waals surface area contributed by atoms with Crippen molar-refractivity contribution in [1.82, 2.24) is 0 Å². The fourth-order valence-corrected chi connectivity index (χ4v) is 2.52. The number of carbonyl (C=O) groups is 1. The molecule has 0 heterocycles. The molecular formula is C11H21NO2. The molecule has 1 saturated carbocycles. The van der Waals surface area contributed by atoms with Crippen molar-refractivity contribution in [3.8, 4) is 0 Å². The molecule has 0 aromatic rings. The monoisotopic (exact) mass is 199 g/mol. The molecule has 0 aromatic carbocycles. The van der Waals surface area contributed by atoms with E-state index in [0.29, 0.717) is 12.5 Å². The summed E-state index contributed by atoms with van der Waals surface area (Å²) in [5.74, 6) is -0.0471. The van der Waals surface area contributed by atoms with Crippen molar-refractivity contribution in [2.45, 2.75) is 45.4 Å². The van der Waals surface area contributed by atoms with Gasteiger partial charge < -0.3 is 10.8 Å². The largest absolute Gasteiger partial charge is 0.481 e. The number of carboxylic acids is 1. The summed E-state index contributed by atoms with van der Waals surface area (Å²) in [5.41, 5.74) is 5.16. The van der Waals surface area contributed by atoms with E-state index >= 15 is 0 Å². The van der Waals surface area contributed by atoms with E-state index in [1.54, 1.807) is 0 Å². The lowest BCUT2D eigenvalue weighted by Gasteiger charge is -2.36. The Balaban J connectivity index is 2.59. The lowest BCUT2D eigenvalue weighted by atomic mass is 9.68. The van der Waals surface area contributed by atoms with E-state index in [-0.39, 0.29) is 0 Å². The highest BCUT2D eigenvalue weighted by Crippen LogP contribution is 2.42. The Kier molecular flexibility index (Phi) is 3.93. The quantitative estimate of drug-likeness (QED) is 0.728. The molecule has 1 aliphatic carbocycles. The molecule has 82 valence electrons. The van der Waals surface area contributed by atoms with Crippen molar-refractivity contribution in [2.24, 2.45) is 17.1 Å². The SMILES string of the molecule is CCC[C@]1(C(=O)O)CC[C@H](CN)CC1. The Bertz CT molecular complexity index is 195. The Morgan fingerprint density at radius 3 is 2.43 bits per heavy atom. The molecule has 0 bridgehead atoms. The van der Waals surface area contributed by atoms with Gasteiger partial charge in [0.2, 0.25) is 0 Å². The summed E-state index contributed by atoms with van der Waals surface area (Å²) in [7, 11) is 0. The fourth-order valence-electron chi connectivity index (χ4n) is 2.52. The summed E-state index contributed by atoms with van der Waals surface area (Å²) in [6, 6.07) is 0. The third kappa shape index (κ3) is 2.27. The Morgan fingerprint density at radius 2 is 2.07 bits per heavy atom. The van der Waals surface area contributed by atoms with Crippen LogP contribution >= 0.6 is 0 Å². The molecule has 0 aromatic heterocycles. The lowest BCUT2D eigenvalue weighted by Crippen LogP contribution is -2.36. The van der Waals surface area contributed by atoms with E-state index in [1.165, 1.54) is 0 Å². The van der Waals surface area contributed by atoms with Crippen molar-refractivity contribution in [3.05, 3.63) is 0 Å². The van der Waals surface area contributed by atoms with Crippen LogP contribution in [-0.2, 0) is 4.79 Å². The molecular weight excluding hydrogens is 178 g/mol. The van der Waals surface area contributed by atoms with Crippen molar-refractivity contribution >= 4 is 5.97 Å². The molecule has 1 rings (SSSR count). The van der Waals surface area contributed by atoms with Crippen LogP contribution in [0.15, 0.2) is 0 Å². The number of aliphatic carboxylic acids is 1. The maximum absolute atomic E-state index is 11.2. The molecule has 0 amide bonds. The number of nitrogens with two attached hydrogens (primary N) is 1. The highest BCUT2D eigenvalue weighted by molar-refractivity contribution is 5.74. The zero-order valence-electron chi connectivity index (χ0n) is 8.96. The van der Waals surface area contributed by atoms with Crippen LogP contribution in [0, 0.1) is 11.3 Å². The summed E-state index contributed by atoms with van der Waals surface area (Å²) < 4.78 is 0. The predicted molar refractivity (Wildman–Crippen MR) is 56.0 cm³/mol. The van der Waals surface area contributed by atoms with Crippen molar-refractivity contribution < 1.29 is 9.90 Å². The molecule has 0 unspecified atom stereocenters. The molecule has 14 heavy (non-hydrogen) atoms. The van der Waals surface area contributed by atoms with Crippen molar-refractivity contribution in [3.63, 3.8) is 0 Å². The Labute approximate surface area is 85.7 Å². The van der Waals surface area contributed by atoms with Gasteiger partial charge in [-0.25, -0.2) is 0 Å². The van der Waals surface area contributed by atoms with Crippen LogP contribution in [0.25, 0.3) is 0 Å². The van der Waals surface area contributed by atoms with Crippen molar-refractivity contribution in [1.29, 1.82) is 0 Å². The van der Waals surface area contributed by atoms with E-state index in [4.69, 9.17) is 5.73 Å². The summed E-state index contributed by atoms with van der Waals surface area (Å²) in [6.45, 7) is 2.77. The number of carboxylic acid groups (broad SMARTS) is 1. The van der Waals surface area contributed by atoms with Gasteiger partial charge in [-0.05, 0) is 44.6 Å². The first-order valence-electron chi connectivity index (χ1n) is 5.58. The molecule has 0 saturated heterocycles. The van der Waals surface area contributed by atoms with E-state index in [1.807, 2.05) is 0 Å². The summed E-state index contributed by atoms with van der Waals surface area (Å²) in [5, 5.41) is 9.25. The highest BCUT2D eigenvalue weighted by Gasteiger charge is 2.40. The number of rotatable bonds is 4. The van der Waals surface area contributed by atoms with Gasteiger partial charge in [-0.15, -0.1) is 0 Å². The first-order valence-corrected chi connectivity index (χ1v) is 5.58. The second kappa shape index (κ2) is 4.78. The Hall–Kier alpha value is -0.570. The molecule has 3 heteroatoms. The van der Waals surface area contributed by atoms with Crippen LogP contribution in [0.3, 0.4) is 0 Å². The molecule has 0 atom stereocenters. The summed E-state index contributed by atoms with van der Waals surface area (Å²) in [4.78, 5) is 11.2. The normalized spacial score (nSPS) is 32.9. The fraction of sp³-hybridized carbons (Fsp3) is 0.909. The van der Waals surface area contributed by atoms with Gasteiger partial charge in [0.25, 0.3) is 0 Å². The predicted octanol–water partition coefficient (Wildman–Crippen LogP) is 2.01. The van der Waals surface area contributed by atoms with Gasteiger partial charge >= 0.3 is 5.97 Å². The smallest absolute Gasteiger partial charge is 0.309 e. The van der Waals surface area contributed by atoms with E-state index in [0.717, 1.165) is 38.5 Å². The first-order chi connectivity index (χ1) is 6.64. The maximum Gasteiger partial charge on any atom is 0.309 e. The van der Waals surface area contributed by atoms with Gasteiger partial charge in [-0.3, -0.25) is 4.79 Å². The molecule has 0 radical (unpaired) electrons. The molecule has 3 nitrogen and oxygen atoms in total. The zero-order chi connectivity index (χ0) is 10.6. The topological polar surface area (TPSA) is 63.3 Å². The minimum Gasteiger partial charge on any atom is -0.481 e. The van der Waals surface area contributed by atoms with E-state index in [9.17, 15) is 9.90 Å². The average molecular weight is 199 g/mol. The molecule has 0 aliphatic heterocycles. The minimum absolute atomic E-state index is 0.430.